The zero-order valence-electron chi connectivity index (χ0n) is 8.41. The van der Waals surface area contributed by atoms with Crippen molar-refractivity contribution in [1.82, 2.24) is 5.32 Å². The van der Waals surface area contributed by atoms with E-state index in [1.165, 1.54) is 12.1 Å². The second-order valence-electron chi connectivity index (χ2n) is 3.55. The Hall–Kier alpha value is -0.640. The van der Waals surface area contributed by atoms with Gasteiger partial charge in [0.05, 0.1) is 12.7 Å². The topological polar surface area (TPSA) is 21.3 Å². The average molecular weight is 232 g/mol. The molecule has 0 saturated carbocycles. The number of halogens is 2. The van der Waals surface area contributed by atoms with Crippen molar-refractivity contribution in [2.24, 2.45) is 0 Å². The van der Waals surface area contributed by atoms with Crippen molar-refractivity contribution >= 4 is 12.4 Å². The Morgan fingerprint density at radius 1 is 1.33 bits per heavy atom. The van der Waals surface area contributed by atoms with Crippen LogP contribution in [0.2, 0.25) is 0 Å². The third-order valence-corrected chi connectivity index (χ3v) is 2.41. The molecule has 1 saturated heterocycles. The molecule has 1 heterocycles. The van der Waals surface area contributed by atoms with Crippen LogP contribution in [-0.2, 0) is 11.3 Å². The third-order valence-electron chi connectivity index (χ3n) is 2.41. The Labute approximate surface area is 95.2 Å². The fraction of sp³-hybridized carbons (Fsp3) is 0.455. The van der Waals surface area contributed by atoms with E-state index in [2.05, 4.69) is 5.32 Å². The summed E-state index contributed by atoms with van der Waals surface area (Å²) in [7, 11) is 0. The summed E-state index contributed by atoms with van der Waals surface area (Å²) in [4.78, 5) is 0. The van der Waals surface area contributed by atoms with Gasteiger partial charge in [0.2, 0.25) is 0 Å². The summed E-state index contributed by atoms with van der Waals surface area (Å²) in [6.07, 6.45) is 1.39. The molecule has 0 spiro atoms. The molecule has 0 bridgehead atoms. The van der Waals surface area contributed by atoms with Gasteiger partial charge in [-0.3, -0.25) is 0 Å². The van der Waals surface area contributed by atoms with Crippen LogP contribution >= 0.6 is 12.4 Å². The lowest BCUT2D eigenvalue weighted by atomic mass is 10.2. The quantitative estimate of drug-likeness (QED) is 0.861. The van der Waals surface area contributed by atoms with Crippen molar-refractivity contribution in [2.45, 2.75) is 19.1 Å². The highest BCUT2D eigenvalue weighted by atomic mass is 35.5. The zero-order chi connectivity index (χ0) is 9.80. The van der Waals surface area contributed by atoms with Gasteiger partial charge in [0.1, 0.15) is 5.82 Å². The zero-order valence-corrected chi connectivity index (χ0v) is 9.23. The standard InChI is InChI=1S/C11H14FNO.ClH/c12-10-3-1-9(2-4-10)8-14-11-5-6-13-7-11;/h1-4,11,13H,5-8H2;1H/t11-;/m0./s1. The van der Waals surface area contributed by atoms with Gasteiger partial charge in [-0.25, -0.2) is 4.39 Å². The number of nitrogens with one attached hydrogen (secondary N) is 1. The molecule has 0 unspecified atom stereocenters. The minimum atomic E-state index is -0.198. The Morgan fingerprint density at radius 3 is 2.67 bits per heavy atom. The molecule has 0 radical (unpaired) electrons. The van der Waals surface area contributed by atoms with Gasteiger partial charge in [-0.1, -0.05) is 12.1 Å². The number of benzene rings is 1. The van der Waals surface area contributed by atoms with Crippen molar-refractivity contribution in [3.05, 3.63) is 35.6 Å². The normalized spacial score (nSPS) is 19.9. The van der Waals surface area contributed by atoms with E-state index in [0.29, 0.717) is 12.7 Å². The van der Waals surface area contributed by atoms with Gasteiger partial charge in [0.25, 0.3) is 0 Å². The van der Waals surface area contributed by atoms with E-state index >= 15 is 0 Å². The highest BCUT2D eigenvalue weighted by molar-refractivity contribution is 5.85. The van der Waals surface area contributed by atoms with Crippen molar-refractivity contribution in [3.63, 3.8) is 0 Å². The maximum absolute atomic E-state index is 12.6. The molecule has 1 atom stereocenters. The SMILES string of the molecule is Cl.Fc1ccc(CO[C@H]2CCNC2)cc1. The lowest BCUT2D eigenvalue weighted by molar-refractivity contribution is 0.0542. The molecular weight excluding hydrogens is 217 g/mol. The Morgan fingerprint density at radius 2 is 2.07 bits per heavy atom. The van der Waals surface area contributed by atoms with Crippen LogP contribution in [0.1, 0.15) is 12.0 Å². The number of hydrogen-bond donors (Lipinski definition) is 1. The van der Waals surface area contributed by atoms with Crippen LogP contribution in [0.3, 0.4) is 0 Å². The van der Waals surface area contributed by atoms with Crippen LogP contribution in [-0.4, -0.2) is 19.2 Å². The van der Waals surface area contributed by atoms with Gasteiger partial charge in [-0.05, 0) is 30.7 Å². The second kappa shape index (κ2) is 6.05. The number of rotatable bonds is 3. The number of hydrogen-bond acceptors (Lipinski definition) is 2. The molecule has 0 amide bonds. The predicted molar refractivity (Wildman–Crippen MR) is 59.7 cm³/mol. The van der Waals surface area contributed by atoms with Crippen LogP contribution < -0.4 is 5.32 Å². The Kier molecular flexibility index (Phi) is 5.02. The van der Waals surface area contributed by atoms with Crippen LogP contribution in [0.4, 0.5) is 4.39 Å². The van der Waals surface area contributed by atoms with Crippen molar-refractivity contribution < 1.29 is 9.13 Å². The molecule has 2 nitrogen and oxygen atoms in total. The molecule has 1 aliphatic heterocycles. The molecule has 84 valence electrons. The third kappa shape index (κ3) is 3.78. The molecule has 1 N–H and O–H groups in total. The van der Waals surface area contributed by atoms with Gasteiger partial charge in [0, 0.05) is 6.54 Å². The average Bonchev–Trinajstić information content (AvgIpc) is 2.70. The van der Waals surface area contributed by atoms with Crippen molar-refractivity contribution in [2.75, 3.05) is 13.1 Å². The van der Waals surface area contributed by atoms with Crippen LogP contribution in [0.25, 0.3) is 0 Å². The predicted octanol–water partition coefficient (Wildman–Crippen LogP) is 2.13. The maximum atomic E-state index is 12.6. The van der Waals surface area contributed by atoms with E-state index in [1.54, 1.807) is 12.1 Å². The van der Waals surface area contributed by atoms with Gasteiger partial charge >= 0.3 is 0 Å². The van der Waals surface area contributed by atoms with Gasteiger partial charge in [0.15, 0.2) is 0 Å². The van der Waals surface area contributed by atoms with Gasteiger partial charge in [-0.15, -0.1) is 12.4 Å². The summed E-state index contributed by atoms with van der Waals surface area (Å²) in [5.41, 5.74) is 1.03. The fourth-order valence-electron chi connectivity index (χ4n) is 1.57. The van der Waals surface area contributed by atoms with Crippen molar-refractivity contribution in [1.29, 1.82) is 0 Å². The van der Waals surface area contributed by atoms with Gasteiger partial charge in [-0.2, -0.15) is 0 Å². The summed E-state index contributed by atoms with van der Waals surface area (Å²) >= 11 is 0. The smallest absolute Gasteiger partial charge is 0.123 e. The monoisotopic (exact) mass is 231 g/mol. The van der Waals surface area contributed by atoms with E-state index in [0.717, 1.165) is 25.1 Å². The minimum absolute atomic E-state index is 0. The van der Waals surface area contributed by atoms with E-state index in [1.807, 2.05) is 0 Å². The fourth-order valence-corrected chi connectivity index (χ4v) is 1.57. The maximum Gasteiger partial charge on any atom is 0.123 e. The minimum Gasteiger partial charge on any atom is -0.372 e. The largest absolute Gasteiger partial charge is 0.372 e. The molecule has 1 aromatic carbocycles. The van der Waals surface area contributed by atoms with E-state index in [-0.39, 0.29) is 18.2 Å². The first-order chi connectivity index (χ1) is 6.84. The molecule has 4 heteroatoms. The molecular formula is C11H15ClFNO. The number of ether oxygens (including phenoxy) is 1. The van der Waals surface area contributed by atoms with E-state index in [4.69, 9.17) is 4.74 Å². The first-order valence-corrected chi connectivity index (χ1v) is 4.91. The molecule has 1 aliphatic rings. The Balaban J connectivity index is 0.00000112. The highest BCUT2D eigenvalue weighted by Crippen LogP contribution is 2.09. The van der Waals surface area contributed by atoms with Crippen LogP contribution in [0, 0.1) is 5.82 Å². The molecule has 0 aromatic heterocycles. The van der Waals surface area contributed by atoms with E-state index in [9.17, 15) is 4.39 Å². The lowest BCUT2D eigenvalue weighted by Gasteiger charge is -2.09. The van der Waals surface area contributed by atoms with Crippen LogP contribution in [0.5, 0.6) is 0 Å². The van der Waals surface area contributed by atoms with Crippen LogP contribution in [0.15, 0.2) is 24.3 Å². The second-order valence-corrected chi connectivity index (χ2v) is 3.55. The summed E-state index contributed by atoms with van der Waals surface area (Å²) in [5, 5.41) is 3.23. The highest BCUT2D eigenvalue weighted by Gasteiger charge is 2.14. The Bertz CT molecular complexity index is 285. The van der Waals surface area contributed by atoms with Gasteiger partial charge < -0.3 is 10.1 Å². The molecule has 15 heavy (non-hydrogen) atoms. The lowest BCUT2D eigenvalue weighted by Crippen LogP contribution is -2.16. The van der Waals surface area contributed by atoms with Crippen molar-refractivity contribution in [3.8, 4) is 0 Å². The first kappa shape index (κ1) is 12.4. The first-order valence-electron chi connectivity index (χ1n) is 4.91. The molecule has 1 aromatic rings. The summed E-state index contributed by atoms with van der Waals surface area (Å²) in [6.45, 7) is 2.54. The molecule has 0 aliphatic carbocycles. The summed E-state index contributed by atoms with van der Waals surface area (Å²) in [5.74, 6) is -0.198. The molecule has 1 fully saturated rings. The molecule has 2 rings (SSSR count). The summed E-state index contributed by atoms with van der Waals surface area (Å²) < 4.78 is 18.2. The summed E-state index contributed by atoms with van der Waals surface area (Å²) in [6, 6.07) is 6.45. The van der Waals surface area contributed by atoms with E-state index < -0.39 is 0 Å².